The van der Waals surface area contributed by atoms with E-state index >= 15 is 0 Å². The maximum Gasteiger partial charge on any atom is 0.0101 e. The van der Waals surface area contributed by atoms with Gasteiger partial charge in [0.25, 0.3) is 0 Å². The number of hydrogen-bond acceptors (Lipinski definition) is 1. The van der Waals surface area contributed by atoms with Crippen LogP contribution in [0.2, 0.25) is 0 Å². The van der Waals surface area contributed by atoms with Crippen LogP contribution >= 0.6 is 12.6 Å². The van der Waals surface area contributed by atoms with E-state index in [0.29, 0.717) is 0 Å². The van der Waals surface area contributed by atoms with Crippen LogP contribution < -0.4 is 0 Å². The van der Waals surface area contributed by atoms with Crippen molar-refractivity contribution in [3.63, 3.8) is 0 Å². The van der Waals surface area contributed by atoms with E-state index in [1.54, 1.807) is 0 Å². The van der Waals surface area contributed by atoms with Crippen LogP contribution in [-0.2, 0) is 0 Å². The van der Waals surface area contributed by atoms with Gasteiger partial charge in [0.05, 0.1) is 0 Å². The van der Waals surface area contributed by atoms with Crippen LogP contribution in [-0.4, -0.2) is 4.75 Å². The molecule has 0 aromatic heterocycles. The SMILES string of the molecule is CC1CCC(C(C)C(C)(C)S)C1. The van der Waals surface area contributed by atoms with Gasteiger partial charge in [-0.15, -0.1) is 0 Å². The summed E-state index contributed by atoms with van der Waals surface area (Å²) in [6, 6.07) is 0. The van der Waals surface area contributed by atoms with E-state index in [1.165, 1.54) is 19.3 Å². The molecule has 1 saturated carbocycles. The van der Waals surface area contributed by atoms with Crippen molar-refractivity contribution < 1.29 is 0 Å². The molecule has 0 bridgehead atoms. The Morgan fingerprint density at radius 1 is 1.33 bits per heavy atom. The molecule has 3 unspecified atom stereocenters. The highest BCUT2D eigenvalue weighted by atomic mass is 32.1. The van der Waals surface area contributed by atoms with Crippen LogP contribution in [0.3, 0.4) is 0 Å². The zero-order valence-corrected chi connectivity index (χ0v) is 9.70. The van der Waals surface area contributed by atoms with Crippen molar-refractivity contribution in [1.82, 2.24) is 0 Å². The lowest BCUT2D eigenvalue weighted by atomic mass is 9.83. The topological polar surface area (TPSA) is 0 Å². The van der Waals surface area contributed by atoms with Crippen molar-refractivity contribution in [2.24, 2.45) is 17.8 Å². The fourth-order valence-electron chi connectivity index (χ4n) is 2.28. The lowest BCUT2D eigenvalue weighted by Crippen LogP contribution is -2.28. The molecule has 0 amide bonds. The van der Waals surface area contributed by atoms with Gasteiger partial charge in [0.1, 0.15) is 0 Å². The Balaban J connectivity index is 2.48. The standard InChI is InChI=1S/C11H22S/c1-8-5-6-10(7-8)9(2)11(3,4)12/h8-10,12H,5-7H2,1-4H3. The molecule has 1 rings (SSSR count). The maximum absolute atomic E-state index is 4.65. The molecule has 12 heavy (non-hydrogen) atoms. The highest BCUT2D eigenvalue weighted by molar-refractivity contribution is 7.81. The predicted molar refractivity (Wildman–Crippen MR) is 58.7 cm³/mol. The summed E-state index contributed by atoms with van der Waals surface area (Å²) >= 11 is 4.65. The summed E-state index contributed by atoms with van der Waals surface area (Å²) in [5.41, 5.74) is 0. The summed E-state index contributed by atoms with van der Waals surface area (Å²) in [7, 11) is 0. The first-order chi connectivity index (χ1) is 5.41. The molecule has 0 aromatic rings. The van der Waals surface area contributed by atoms with Crippen LogP contribution in [0, 0.1) is 17.8 Å². The minimum atomic E-state index is 0.203. The molecule has 1 fully saturated rings. The van der Waals surface area contributed by atoms with Crippen LogP contribution in [0.1, 0.15) is 47.0 Å². The average molecular weight is 186 g/mol. The van der Waals surface area contributed by atoms with Crippen LogP contribution in [0.25, 0.3) is 0 Å². The minimum absolute atomic E-state index is 0.203. The lowest BCUT2D eigenvalue weighted by molar-refractivity contribution is 0.303. The molecule has 1 heteroatoms. The monoisotopic (exact) mass is 186 g/mol. The van der Waals surface area contributed by atoms with E-state index in [2.05, 4.69) is 40.3 Å². The highest BCUT2D eigenvalue weighted by Crippen LogP contribution is 2.41. The van der Waals surface area contributed by atoms with Gasteiger partial charge in [-0.2, -0.15) is 12.6 Å². The molecule has 1 aliphatic carbocycles. The molecule has 0 aliphatic heterocycles. The third-order valence-corrected chi connectivity index (χ3v) is 3.96. The Kier molecular flexibility index (Phi) is 3.14. The lowest BCUT2D eigenvalue weighted by Gasteiger charge is -2.31. The molecule has 1 aliphatic rings. The first-order valence-electron chi connectivity index (χ1n) is 5.13. The summed E-state index contributed by atoms with van der Waals surface area (Å²) in [6.07, 6.45) is 4.27. The van der Waals surface area contributed by atoms with Gasteiger partial charge in [-0.1, -0.05) is 34.1 Å². The molecule has 3 atom stereocenters. The Labute approximate surface area is 82.5 Å². The van der Waals surface area contributed by atoms with Crippen molar-refractivity contribution >= 4 is 12.6 Å². The third-order valence-electron chi connectivity index (χ3n) is 3.56. The zero-order chi connectivity index (χ0) is 9.35. The molecular weight excluding hydrogens is 164 g/mol. The van der Waals surface area contributed by atoms with Crippen molar-refractivity contribution in [3.8, 4) is 0 Å². The van der Waals surface area contributed by atoms with Crippen molar-refractivity contribution in [3.05, 3.63) is 0 Å². The summed E-state index contributed by atoms with van der Waals surface area (Å²) in [4.78, 5) is 0. The van der Waals surface area contributed by atoms with Gasteiger partial charge in [0.2, 0.25) is 0 Å². The molecule has 0 saturated heterocycles. The van der Waals surface area contributed by atoms with Crippen molar-refractivity contribution in [1.29, 1.82) is 0 Å². The van der Waals surface area contributed by atoms with E-state index in [1.807, 2.05) is 0 Å². The quantitative estimate of drug-likeness (QED) is 0.624. The van der Waals surface area contributed by atoms with Gasteiger partial charge < -0.3 is 0 Å². The van der Waals surface area contributed by atoms with Gasteiger partial charge >= 0.3 is 0 Å². The molecule has 0 aromatic carbocycles. The van der Waals surface area contributed by atoms with E-state index < -0.39 is 0 Å². The van der Waals surface area contributed by atoms with Gasteiger partial charge in [0, 0.05) is 4.75 Å². The second-order valence-corrected chi connectivity index (χ2v) is 6.27. The summed E-state index contributed by atoms with van der Waals surface area (Å²) in [6.45, 7) is 9.21. The Bertz CT molecular complexity index is 146. The predicted octanol–water partition coefficient (Wildman–Crippen LogP) is 3.77. The van der Waals surface area contributed by atoms with Crippen molar-refractivity contribution in [2.45, 2.75) is 51.7 Å². The van der Waals surface area contributed by atoms with Gasteiger partial charge in [-0.05, 0) is 30.6 Å². The van der Waals surface area contributed by atoms with Gasteiger partial charge in [0.15, 0.2) is 0 Å². The molecular formula is C11H22S. The summed E-state index contributed by atoms with van der Waals surface area (Å²) in [5.74, 6) is 2.63. The fourth-order valence-corrected chi connectivity index (χ4v) is 2.49. The zero-order valence-electron chi connectivity index (χ0n) is 8.80. The Morgan fingerprint density at radius 3 is 2.25 bits per heavy atom. The van der Waals surface area contributed by atoms with E-state index in [0.717, 1.165) is 17.8 Å². The maximum atomic E-state index is 4.65. The van der Waals surface area contributed by atoms with Gasteiger partial charge in [-0.3, -0.25) is 0 Å². The van der Waals surface area contributed by atoms with E-state index in [9.17, 15) is 0 Å². The molecule has 0 nitrogen and oxygen atoms in total. The normalized spacial score (nSPS) is 33.8. The smallest absolute Gasteiger partial charge is 0.0101 e. The first-order valence-corrected chi connectivity index (χ1v) is 5.58. The number of thiol groups is 1. The molecule has 72 valence electrons. The molecule has 0 heterocycles. The average Bonchev–Trinajstić information content (AvgIpc) is 2.32. The molecule has 0 spiro atoms. The largest absolute Gasteiger partial charge is 0.173 e. The first kappa shape index (κ1) is 10.4. The number of rotatable bonds is 2. The Morgan fingerprint density at radius 2 is 1.92 bits per heavy atom. The fraction of sp³-hybridized carbons (Fsp3) is 1.00. The van der Waals surface area contributed by atoms with Crippen LogP contribution in [0.15, 0.2) is 0 Å². The summed E-state index contributed by atoms with van der Waals surface area (Å²) < 4.78 is 0.203. The summed E-state index contributed by atoms with van der Waals surface area (Å²) in [5, 5.41) is 0. The Hall–Kier alpha value is 0.350. The van der Waals surface area contributed by atoms with Crippen LogP contribution in [0.4, 0.5) is 0 Å². The van der Waals surface area contributed by atoms with Crippen LogP contribution in [0.5, 0.6) is 0 Å². The number of hydrogen-bond donors (Lipinski definition) is 1. The van der Waals surface area contributed by atoms with Crippen molar-refractivity contribution in [2.75, 3.05) is 0 Å². The van der Waals surface area contributed by atoms with E-state index in [4.69, 9.17) is 0 Å². The molecule has 0 radical (unpaired) electrons. The minimum Gasteiger partial charge on any atom is -0.173 e. The highest BCUT2D eigenvalue weighted by Gasteiger charge is 2.33. The molecule has 0 N–H and O–H groups in total. The van der Waals surface area contributed by atoms with E-state index in [-0.39, 0.29) is 4.75 Å². The second-order valence-electron chi connectivity index (χ2n) is 5.12. The van der Waals surface area contributed by atoms with Gasteiger partial charge in [-0.25, -0.2) is 0 Å². The third kappa shape index (κ3) is 2.42. The second kappa shape index (κ2) is 3.61.